The number of ether oxygens (including phenoxy) is 1. The first-order valence-corrected chi connectivity index (χ1v) is 10.5. The van der Waals surface area contributed by atoms with Gasteiger partial charge in [0.2, 0.25) is 17.7 Å². The molecular weight excluding hydrogens is 384 g/mol. The molecule has 1 saturated carbocycles. The largest absolute Gasteiger partial charge is 0.380 e. The minimum atomic E-state index is -0.575. The van der Waals surface area contributed by atoms with E-state index in [1.807, 2.05) is 24.3 Å². The van der Waals surface area contributed by atoms with Crippen LogP contribution in [0.25, 0.3) is 0 Å². The molecule has 0 aliphatic heterocycles. The average molecular weight is 415 g/mol. The molecule has 0 saturated heterocycles. The quantitative estimate of drug-likeness (QED) is 0.641. The van der Waals surface area contributed by atoms with Gasteiger partial charge in [-0.3, -0.25) is 9.59 Å². The topological polar surface area (TPSA) is 106 Å². The lowest BCUT2D eigenvalue weighted by Crippen LogP contribution is -2.45. The summed E-state index contributed by atoms with van der Waals surface area (Å²) in [6, 6.07) is 7.54. The second-order valence-electron chi connectivity index (χ2n) is 7.87. The van der Waals surface area contributed by atoms with Crippen LogP contribution in [-0.4, -0.2) is 29.1 Å². The third-order valence-corrected chi connectivity index (χ3v) is 5.36. The number of anilines is 1. The molecule has 162 valence electrons. The van der Waals surface area contributed by atoms with Gasteiger partial charge in [-0.1, -0.05) is 43.0 Å². The highest BCUT2D eigenvalue weighted by Gasteiger charge is 2.38. The van der Waals surface area contributed by atoms with Crippen LogP contribution in [0.1, 0.15) is 69.1 Å². The second kappa shape index (κ2) is 10.3. The zero-order valence-electron chi connectivity index (χ0n) is 17.7. The SMILES string of the molecule is COCc1cccc(NC(=O)CCc2nc(C3(NC(C)=O)CCCCCC3)no2)c1. The fraction of sp³-hybridized carbons (Fsp3) is 0.545. The third kappa shape index (κ3) is 5.89. The van der Waals surface area contributed by atoms with Crippen molar-refractivity contribution in [1.82, 2.24) is 15.5 Å². The van der Waals surface area contributed by atoms with Gasteiger partial charge in [-0.2, -0.15) is 4.98 Å². The van der Waals surface area contributed by atoms with E-state index in [2.05, 4.69) is 20.8 Å². The van der Waals surface area contributed by atoms with E-state index in [1.165, 1.54) is 6.92 Å². The van der Waals surface area contributed by atoms with Gasteiger partial charge in [-0.15, -0.1) is 0 Å². The summed E-state index contributed by atoms with van der Waals surface area (Å²) in [5.74, 6) is 0.693. The lowest BCUT2D eigenvalue weighted by Gasteiger charge is -2.30. The van der Waals surface area contributed by atoms with Crippen molar-refractivity contribution in [2.75, 3.05) is 12.4 Å². The summed E-state index contributed by atoms with van der Waals surface area (Å²) in [6.45, 7) is 2.00. The van der Waals surface area contributed by atoms with Gasteiger partial charge >= 0.3 is 0 Å². The lowest BCUT2D eigenvalue weighted by molar-refractivity contribution is -0.121. The monoisotopic (exact) mass is 414 g/mol. The molecule has 2 amide bonds. The van der Waals surface area contributed by atoms with Crippen molar-refractivity contribution in [3.8, 4) is 0 Å². The lowest BCUT2D eigenvalue weighted by atomic mass is 9.89. The number of hydrogen-bond acceptors (Lipinski definition) is 6. The van der Waals surface area contributed by atoms with E-state index in [0.717, 1.165) is 49.8 Å². The van der Waals surface area contributed by atoms with Crippen molar-refractivity contribution >= 4 is 17.5 Å². The fourth-order valence-corrected chi connectivity index (χ4v) is 3.97. The van der Waals surface area contributed by atoms with Crippen LogP contribution in [-0.2, 0) is 32.9 Å². The Balaban J connectivity index is 1.61. The number of carbonyl (C=O) groups is 2. The van der Waals surface area contributed by atoms with Crippen LogP contribution in [0.3, 0.4) is 0 Å². The van der Waals surface area contributed by atoms with E-state index in [-0.39, 0.29) is 18.2 Å². The van der Waals surface area contributed by atoms with Crippen LogP contribution in [0.15, 0.2) is 28.8 Å². The Hall–Kier alpha value is -2.74. The molecule has 0 unspecified atom stereocenters. The Kier molecular flexibility index (Phi) is 7.57. The van der Waals surface area contributed by atoms with Crippen LogP contribution in [0.4, 0.5) is 5.69 Å². The number of hydrogen-bond donors (Lipinski definition) is 2. The van der Waals surface area contributed by atoms with Crippen LogP contribution >= 0.6 is 0 Å². The number of methoxy groups -OCH3 is 1. The predicted molar refractivity (Wildman–Crippen MR) is 112 cm³/mol. The molecule has 1 aliphatic carbocycles. The number of nitrogens with one attached hydrogen (secondary N) is 2. The van der Waals surface area contributed by atoms with Gasteiger partial charge in [0.25, 0.3) is 0 Å². The summed E-state index contributed by atoms with van der Waals surface area (Å²) >= 11 is 0. The molecule has 3 rings (SSSR count). The van der Waals surface area contributed by atoms with E-state index in [1.54, 1.807) is 7.11 Å². The van der Waals surface area contributed by atoms with Gasteiger partial charge in [-0.25, -0.2) is 0 Å². The van der Waals surface area contributed by atoms with Crippen molar-refractivity contribution in [2.45, 2.75) is 70.4 Å². The summed E-state index contributed by atoms with van der Waals surface area (Å²) in [5, 5.41) is 10.1. The molecule has 8 nitrogen and oxygen atoms in total. The van der Waals surface area contributed by atoms with E-state index < -0.39 is 5.54 Å². The zero-order chi connectivity index (χ0) is 21.4. The molecule has 1 heterocycles. The van der Waals surface area contributed by atoms with Crippen LogP contribution in [0.5, 0.6) is 0 Å². The Morgan fingerprint density at radius 2 is 1.97 bits per heavy atom. The van der Waals surface area contributed by atoms with Gasteiger partial charge in [0, 0.05) is 32.6 Å². The summed E-state index contributed by atoms with van der Waals surface area (Å²) < 4.78 is 10.5. The molecule has 0 radical (unpaired) electrons. The maximum Gasteiger partial charge on any atom is 0.227 e. The fourth-order valence-electron chi connectivity index (χ4n) is 3.97. The van der Waals surface area contributed by atoms with E-state index in [4.69, 9.17) is 9.26 Å². The maximum absolute atomic E-state index is 12.3. The van der Waals surface area contributed by atoms with Crippen molar-refractivity contribution < 1.29 is 18.8 Å². The van der Waals surface area contributed by atoms with Gasteiger partial charge in [0.05, 0.1) is 6.61 Å². The zero-order valence-corrected chi connectivity index (χ0v) is 17.7. The number of rotatable bonds is 8. The highest BCUT2D eigenvalue weighted by atomic mass is 16.5. The van der Waals surface area contributed by atoms with Gasteiger partial charge in [0.15, 0.2) is 5.82 Å². The first-order valence-electron chi connectivity index (χ1n) is 10.5. The molecule has 2 N–H and O–H groups in total. The Morgan fingerprint density at radius 1 is 1.20 bits per heavy atom. The van der Waals surface area contributed by atoms with Crippen molar-refractivity contribution in [2.24, 2.45) is 0 Å². The third-order valence-electron chi connectivity index (χ3n) is 5.36. The first kappa shape index (κ1) is 22.0. The molecule has 0 spiro atoms. The highest BCUT2D eigenvalue weighted by molar-refractivity contribution is 5.90. The van der Waals surface area contributed by atoms with Gasteiger partial charge < -0.3 is 19.9 Å². The number of amides is 2. The summed E-state index contributed by atoms with van der Waals surface area (Å²) in [5.41, 5.74) is 1.14. The predicted octanol–water partition coefficient (Wildman–Crippen LogP) is 3.47. The molecular formula is C22H30N4O4. The number of carbonyl (C=O) groups excluding carboxylic acids is 2. The summed E-state index contributed by atoms with van der Waals surface area (Å²) in [7, 11) is 1.63. The molecule has 0 atom stereocenters. The van der Waals surface area contributed by atoms with Crippen molar-refractivity contribution in [3.63, 3.8) is 0 Å². The first-order chi connectivity index (χ1) is 14.5. The van der Waals surface area contributed by atoms with Gasteiger partial charge in [0.1, 0.15) is 5.54 Å². The summed E-state index contributed by atoms with van der Waals surface area (Å²) in [6.07, 6.45) is 6.45. The number of nitrogens with zero attached hydrogens (tertiary/aromatic N) is 2. The molecule has 30 heavy (non-hydrogen) atoms. The van der Waals surface area contributed by atoms with E-state index in [9.17, 15) is 9.59 Å². The smallest absolute Gasteiger partial charge is 0.227 e. The molecule has 2 aromatic rings. The Bertz CT molecular complexity index is 856. The molecule has 0 bridgehead atoms. The van der Waals surface area contributed by atoms with Crippen LogP contribution < -0.4 is 10.6 Å². The van der Waals surface area contributed by atoms with Crippen LogP contribution in [0, 0.1) is 0 Å². The maximum atomic E-state index is 12.3. The molecule has 8 heteroatoms. The molecule has 1 aromatic carbocycles. The Morgan fingerprint density at radius 3 is 2.67 bits per heavy atom. The molecule has 1 aromatic heterocycles. The van der Waals surface area contributed by atoms with Crippen molar-refractivity contribution in [1.29, 1.82) is 0 Å². The minimum Gasteiger partial charge on any atom is -0.380 e. The van der Waals surface area contributed by atoms with Crippen molar-refractivity contribution in [3.05, 3.63) is 41.5 Å². The summed E-state index contributed by atoms with van der Waals surface area (Å²) in [4.78, 5) is 28.7. The standard InChI is InChI=1S/C22H30N4O4/c1-16(27)25-22(12-5-3-4-6-13-22)21-24-20(30-26-21)11-10-19(28)23-18-9-7-8-17(14-18)15-29-2/h7-9,14H,3-6,10-13,15H2,1-2H3,(H,23,28)(H,25,27). The molecule has 1 fully saturated rings. The Labute approximate surface area is 176 Å². The second-order valence-corrected chi connectivity index (χ2v) is 7.87. The highest BCUT2D eigenvalue weighted by Crippen LogP contribution is 2.34. The van der Waals surface area contributed by atoms with Gasteiger partial charge in [-0.05, 0) is 30.5 Å². The molecule has 1 aliphatic rings. The van der Waals surface area contributed by atoms with E-state index >= 15 is 0 Å². The number of aromatic nitrogens is 2. The van der Waals surface area contributed by atoms with E-state index in [0.29, 0.717) is 24.7 Å². The van der Waals surface area contributed by atoms with Crippen LogP contribution in [0.2, 0.25) is 0 Å². The normalized spacial score (nSPS) is 15.9. The number of benzene rings is 1. The minimum absolute atomic E-state index is 0.0988. The average Bonchev–Trinajstić information content (AvgIpc) is 3.07. The number of aryl methyl sites for hydroxylation is 1.